The van der Waals surface area contributed by atoms with Crippen molar-refractivity contribution in [1.82, 2.24) is 5.43 Å². The molecule has 0 fully saturated rings. The first-order valence-corrected chi connectivity index (χ1v) is 8.37. The van der Waals surface area contributed by atoms with Crippen molar-refractivity contribution in [2.24, 2.45) is 10.1 Å². The molecular weight excluding hydrogens is 324 g/mol. The largest absolute Gasteiger partial charge is 0.272 e. The van der Waals surface area contributed by atoms with E-state index in [1.165, 1.54) is 17.3 Å². The molecule has 122 valence electrons. The topological polar surface area (TPSA) is 79.9 Å². The molecule has 2 aromatic carbocycles. The van der Waals surface area contributed by atoms with Gasteiger partial charge in [0.25, 0.3) is 5.69 Å². The average molecular weight is 340 g/mol. The molecule has 7 heteroatoms. The predicted octanol–water partition coefficient (Wildman–Crippen LogP) is 3.94. The molecule has 0 saturated carbocycles. The summed E-state index contributed by atoms with van der Waals surface area (Å²) in [7, 11) is 0. The molecule has 1 aliphatic rings. The van der Waals surface area contributed by atoms with Gasteiger partial charge in [0, 0.05) is 22.9 Å². The van der Waals surface area contributed by atoms with E-state index in [9.17, 15) is 10.1 Å². The van der Waals surface area contributed by atoms with Crippen LogP contribution in [0, 0.1) is 24.0 Å². The zero-order chi connectivity index (χ0) is 17.1. The zero-order valence-corrected chi connectivity index (χ0v) is 14.1. The molecule has 0 aromatic heterocycles. The minimum absolute atomic E-state index is 0.110. The molecule has 0 amide bonds. The Hall–Kier alpha value is -2.67. The number of nitrogens with one attached hydrogen (secondary N) is 1. The Morgan fingerprint density at radius 2 is 1.96 bits per heavy atom. The summed E-state index contributed by atoms with van der Waals surface area (Å²) in [5, 5.41) is 16.1. The number of nitro groups is 1. The van der Waals surface area contributed by atoms with Crippen molar-refractivity contribution in [1.29, 1.82) is 0 Å². The average Bonchev–Trinajstić information content (AvgIpc) is 2.58. The van der Waals surface area contributed by atoms with Crippen LogP contribution in [0.2, 0.25) is 0 Å². The number of amidine groups is 1. The van der Waals surface area contributed by atoms with Crippen LogP contribution in [0.15, 0.2) is 52.6 Å². The fourth-order valence-corrected chi connectivity index (χ4v) is 3.03. The monoisotopic (exact) mass is 340 g/mol. The number of nitro benzene ring substituents is 1. The third-order valence-corrected chi connectivity index (χ3v) is 4.51. The van der Waals surface area contributed by atoms with Crippen molar-refractivity contribution >= 4 is 34.0 Å². The fourth-order valence-electron chi connectivity index (χ4n) is 2.24. The van der Waals surface area contributed by atoms with E-state index in [1.807, 2.05) is 37.3 Å². The second kappa shape index (κ2) is 6.84. The first-order valence-electron chi connectivity index (χ1n) is 7.39. The quantitative estimate of drug-likeness (QED) is 0.678. The lowest BCUT2D eigenvalue weighted by Crippen LogP contribution is -2.25. The van der Waals surface area contributed by atoms with Crippen LogP contribution in [0.4, 0.5) is 11.4 Å². The van der Waals surface area contributed by atoms with Crippen molar-refractivity contribution < 1.29 is 4.92 Å². The van der Waals surface area contributed by atoms with Crippen LogP contribution in [-0.4, -0.2) is 21.6 Å². The summed E-state index contributed by atoms with van der Waals surface area (Å²) < 4.78 is 0. The van der Waals surface area contributed by atoms with Crippen molar-refractivity contribution in [3.63, 3.8) is 0 Å². The van der Waals surface area contributed by atoms with E-state index < -0.39 is 0 Å². The molecule has 3 rings (SSSR count). The van der Waals surface area contributed by atoms with E-state index in [0.717, 1.165) is 17.0 Å². The first-order chi connectivity index (χ1) is 11.5. The molecule has 1 heterocycles. The molecule has 0 atom stereocenters. The van der Waals surface area contributed by atoms with Gasteiger partial charge in [-0.15, -0.1) is 0 Å². The molecule has 1 aliphatic heterocycles. The first kappa shape index (κ1) is 16.2. The number of hydrogen-bond donors (Lipinski definition) is 1. The highest BCUT2D eigenvalue weighted by Crippen LogP contribution is 2.23. The molecule has 24 heavy (non-hydrogen) atoms. The fraction of sp³-hybridized carbons (Fsp3) is 0.176. The van der Waals surface area contributed by atoms with E-state index in [2.05, 4.69) is 15.5 Å². The number of hydrazone groups is 1. The second-order valence-corrected chi connectivity index (χ2v) is 6.43. The Kier molecular flexibility index (Phi) is 4.61. The SMILES string of the molecule is Cc1ccc(N=C2NN=C(c3ccc(C)c([N+](=O)[O-])c3)CS2)cc1. The maximum Gasteiger partial charge on any atom is 0.272 e. The smallest absolute Gasteiger partial charge is 0.258 e. The number of nitrogens with zero attached hydrogens (tertiary/aromatic N) is 3. The minimum Gasteiger partial charge on any atom is -0.258 e. The number of rotatable bonds is 3. The Balaban J connectivity index is 1.79. The van der Waals surface area contributed by atoms with Crippen LogP contribution in [0.25, 0.3) is 0 Å². The standard InChI is InChI=1S/C17H16N4O2S/c1-11-3-7-14(8-4-11)18-17-20-19-15(10-24-17)13-6-5-12(2)16(9-13)21(22)23/h3-9H,10H2,1-2H3,(H,18,20). The maximum atomic E-state index is 11.1. The second-order valence-electron chi connectivity index (χ2n) is 5.47. The molecular formula is C17H16N4O2S. The van der Waals surface area contributed by atoms with Gasteiger partial charge in [0.05, 0.1) is 16.3 Å². The van der Waals surface area contributed by atoms with E-state index in [-0.39, 0.29) is 10.6 Å². The number of hydrogen-bond acceptors (Lipinski definition) is 5. The molecule has 0 saturated heterocycles. The summed E-state index contributed by atoms with van der Waals surface area (Å²) in [6.07, 6.45) is 0. The number of aryl methyl sites for hydroxylation is 2. The third kappa shape index (κ3) is 3.62. The van der Waals surface area contributed by atoms with Crippen molar-refractivity contribution in [3.8, 4) is 0 Å². The third-order valence-electron chi connectivity index (χ3n) is 3.64. The molecule has 0 unspecified atom stereocenters. The van der Waals surface area contributed by atoms with E-state index in [0.29, 0.717) is 16.5 Å². The molecule has 2 aromatic rings. The number of thioether (sulfide) groups is 1. The highest BCUT2D eigenvalue weighted by Gasteiger charge is 2.17. The van der Waals surface area contributed by atoms with Crippen molar-refractivity contribution in [2.45, 2.75) is 13.8 Å². The van der Waals surface area contributed by atoms with Crippen LogP contribution in [0.5, 0.6) is 0 Å². The van der Waals surface area contributed by atoms with Crippen LogP contribution in [0.1, 0.15) is 16.7 Å². The summed E-state index contributed by atoms with van der Waals surface area (Å²) in [6, 6.07) is 13.1. The van der Waals surface area contributed by atoms with Gasteiger partial charge in [0.15, 0.2) is 5.17 Å². The van der Waals surface area contributed by atoms with Gasteiger partial charge in [0.1, 0.15) is 0 Å². The summed E-state index contributed by atoms with van der Waals surface area (Å²) in [4.78, 5) is 15.2. The Morgan fingerprint density at radius 3 is 2.58 bits per heavy atom. The summed E-state index contributed by atoms with van der Waals surface area (Å²) in [5.74, 6) is 0.609. The lowest BCUT2D eigenvalue weighted by atomic mass is 10.1. The van der Waals surface area contributed by atoms with Gasteiger partial charge in [0.2, 0.25) is 0 Å². The van der Waals surface area contributed by atoms with Gasteiger partial charge in [-0.25, -0.2) is 4.99 Å². The van der Waals surface area contributed by atoms with Crippen LogP contribution in [-0.2, 0) is 0 Å². The molecule has 0 aliphatic carbocycles. The van der Waals surface area contributed by atoms with E-state index >= 15 is 0 Å². The van der Waals surface area contributed by atoms with Gasteiger partial charge < -0.3 is 0 Å². The Bertz CT molecular complexity index is 844. The zero-order valence-electron chi connectivity index (χ0n) is 13.3. The van der Waals surface area contributed by atoms with Crippen LogP contribution in [0.3, 0.4) is 0 Å². The summed E-state index contributed by atoms with van der Waals surface area (Å²) in [5.41, 5.74) is 7.24. The van der Waals surface area contributed by atoms with Gasteiger partial charge in [-0.1, -0.05) is 41.6 Å². The van der Waals surface area contributed by atoms with E-state index in [4.69, 9.17) is 0 Å². The highest BCUT2D eigenvalue weighted by atomic mass is 32.2. The van der Waals surface area contributed by atoms with Crippen LogP contribution < -0.4 is 5.43 Å². The van der Waals surface area contributed by atoms with Crippen LogP contribution >= 0.6 is 11.8 Å². The van der Waals surface area contributed by atoms with Crippen molar-refractivity contribution in [3.05, 3.63) is 69.3 Å². The minimum atomic E-state index is -0.368. The maximum absolute atomic E-state index is 11.1. The summed E-state index contributed by atoms with van der Waals surface area (Å²) >= 11 is 1.52. The summed E-state index contributed by atoms with van der Waals surface area (Å²) in [6.45, 7) is 3.76. The normalized spacial score (nSPS) is 15.8. The van der Waals surface area contributed by atoms with Gasteiger partial charge in [-0.05, 0) is 26.0 Å². The highest BCUT2D eigenvalue weighted by molar-refractivity contribution is 8.14. The number of benzene rings is 2. The molecule has 1 N–H and O–H groups in total. The van der Waals surface area contributed by atoms with Gasteiger partial charge in [-0.3, -0.25) is 15.5 Å². The molecule has 6 nitrogen and oxygen atoms in total. The van der Waals surface area contributed by atoms with E-state index in [1.54, 1.807) is 19.1 Å². The molecule has 0 bridgehead atoms. The number of aliphatic imine (C=N–C) groups is 1. The Morgan fingerprint density at radius 1 is 1.21 bits per heavy atom. The van der Waals surface area contributed by atoms with Crippen molar-refractivity contribution in [2.75, 3.05) is 5.75 Å². The predicted molar refractivity (Wildman–Crippen MR) is 98.2 cm³/mol. The molecule has 0 radical (unpaired) electrons. The Labute approximate surface area is 143 Å². The molecule has 0 spiro atoms. The lowest BCUT2D eigenvalue weighted by molar-refractivity contribution is -0.385. The van der Waals surface area contributed by atoms with Gasteiger partial charge >= 0.3 is 0 Å². The lowest BCUT2D eigenvalue weighted by Gasteiger charge is -2.15. The van der Waals surface area contributed by atoms with Gasteiger partial charge in [-0.2, -0.15) is 5.10 Å².